The van der Waals surface area contributed by atoms with E-state index in [1.54, 1.807) is 30.3 Å². The standard InChI is InChI=1S/C16H16Cl2N4O/c1-22(11-13-7-3-5-9-15(13)18)21-16(23)20-19-10-12-6-2-4-8-14(12)17/h2-10H,11H2,1H3,(H2,20,21,23)/b19-10+. The van der Waals surface area contributed by atoms with Crippen LogP contribution in [0.25, 0.3) is 0 Å². The molecule has 2 aromatic rings. The fourth-order valence-corrected chi connectivity index (χ4v) is 2.24. The predicted molar refractivity (Wildman–Crippen MR) is 93.6 cm³/mol. The van der Waals surface area contributed by atoms with Crippen molar-refractivity contribution in [3.05, 3.63) is 69.7 Å². The van der Waals surface area contributed by atoms with Crippen LogP contribution in [0.2, 0.25) is 10.0 Å². The molecular weight excluding hydrogens is 335 g/mol. The SMILES string of the molecule is CN(Cc1ccccc1Cl)NC(=O)N/N=C/c1ccccc1Cl. The third-order valence-corrected chi connectivity index (χ3v) is 3.65. The molecule has 23 heavy (non-hydrogen) atoms. The number of nitrogens with zero attached hydrogens (tertiary/aromatic N) is 2. The third kappa shape index (κ3) is 5.56. The summed E-state index contributed by atoms with van der Waals surface area (Å²) in [7, 11) is 1.74. The molecule has 0 radical (unpaired) electrons. The van der Waals surface area contributed by atoms with Gasteiger partial charge in [-0.1, -0.05) is 59.6 Å². The predicted octanol–water partition coefficient (Wildman–Crippen LogP) is 3.67. The zero-order valence-electron chi connectivity index (χ0n) is 12.5. The second-order valence-corrected chi connectivity index (χ2v) is 5.59. The molecule has 0 heterocycles. The van der Waals surface area contributed by atoms with Gasteiger partial charge in [0.25, 0.3) is 0 Å². The van der Waals surface area contributed by atoms with Gasteiger partial charge in [0.2, 0.25) is 0 Å². The van der Waals surface area contributed by atoms with Gasteiger partial charge < -0.3 is 0 Å². The molecule has 0 aliphatic heterocycles. The van der Waals surface area contributed by atoms with Crippen LogP contribution in [0.5, 0.6) is 0 Å². The van der Waals surface area contributed by atoms with Crippen molar-refractivity contribution in [3.63, 3.8) is 0 Å². The van der Waals surface area contributed by atoms with Crippen LogP contribution in [0.1, 0.15) is 11.1 Å². The number of hydrazone groups is 1. The lowest BCUT2D eigenvalue weighted by Gasteiger charge is -2.18. The highest BCUT2D eigenvalue weighted by molar-refractivity contribution is 6.33. The van der Waals surface area contributed by atoms with Crippen molar-refractivity contribution < 1.29 is 4.79 Å². The van der Waals surface area contributed by atoms with Crippen molar-refractivity contribution >= 4 is 35.4 Å². The molecule has 0 saturated carbocycles. The highest BCUT2D eigenvalue weighted by atomic mass is 35.5. The van der Waals surface area contributed by atoms with Crippen molar-refractivity contribution in [1.82, 2.24) is 15.9 Å². The topological polar surface area (TPSA) is 56.7 Å². The normalized spacial score (nSPS) is 11.0. The first-order valence-electron chi connectivity index (χ1n) is 6.85. The van der Waals surface area contributed by atoms with Crippen LogP contribution in [0.15, 0.2) is 53.6 Å². The summed E-state index contributed by atoms with van der Waals surface area (Å²) in [5, 5.41) is 6.68. The Morgan fingerprint density at radius 1 is 1.13 bits per heavy atom. The average Bonchev–Trinajstić information content (AvgIpc) is 2.51. The lowest BCUT2D eigenvalue weighted by Crippen LogP contribution is -2.43. The van der Waals surface area contributed by atoms with E-state index < -0.39 is 6.03 Å². The highest BCUT2D eigenvalue weighted by Gasteiger charge is 2.06. The second kappa shape index (κ2) is 8.53. The number of benzene rings is 2. The molecule has 0 bridgehead atoms. The first kappa shape index (κ1) is 17.3. The Morgan fingerprint density at radius 3 is 2.48 bits per heavy atom. The second-order valence-electron chi connectivity index (χ2n) is 4.78. The summed E-state index contributed by atoms with van der Waals surface area (Å²) in [5.74, 6) is 0. The number of carbonyl (C=O) groups is 1. The van der Waals surface area contributed by atoms with Gasteiger partial charge in [-0.05, 0) is 17.7 Å². The van der Waals surface area contributed by atoms with E-state index in [1.165, 1.54) is 6.21 Å². The maximum Gasteiger partial charge on any atom is 0.349 e. The number of hydrogen-bond donors (Lipinski definition) is 2. The maximum atomic E-state index is 11.8. The monoisotopic (exact) mass is 350 g/mol. The van der Waals surface area contributed by atoms with Crippen molar-refractivity contribution in [1.29, 1.82) is 0 Å². The van der Waals surface area contributed by atoms with E-state index >= 15 is 0 Å². The number of nitrogens with one attached hydrogen (secondary N) is 2. The summed E-state index contributed by atoms with van der Waals surface area (Å²) in [5.41, 5.74) is 6.64. The number of hydrogen-bond acceptors (Lipinski definition) is 3. The molecule has 0 fully saturated rings. The Labute approximate surface area is 144 Å². The highest BCUT2D eigenvalue weighted by Crippen LogP contribution is 2.15. The van der Waals surface area contributed by atoms with E-state index in [0.29, 0.717) is 16.6 Å². The zero-order chi connectivity index (χ0) is 16.7. The first-order chi connectivity index (χ1) is 11.1. The summed E-state index contributed by atoms with van der Waals surface area (Å²) in [6.45, 7) is 0.474. The molecule has 0 aliphatic rings. The van der Waals surface area contributed by atoms with Crippen LogP contribution in [-0.4, -0.2) is 24.3 Å². The molecule has 2 amide bonds. The number of rotatable bonds is 5. The largest absolute Gasteiger partial charge is 0.349 e. The Hall–Kier alpha value is -2.08. The van der Waals surface area contributed by atoms with Gasteiger partial charge in [0.1, 0.15) is 0 Å². The van der Waals surface area contributed by atoms with Gasteiger partial charge in [-0.25, -0.2) is 15.2 Å². The van der Waals surface area contributed by atoms with Crippen LogP contribution >= 0.6 is 23.2 Å². The smallest absolute Gasteiger partial charge is 0.269 e. The minimum atomic E-state index is -0.456. The third-order valence-electron chi connectivity index (χ3n) is 2.93. The summed E-state index contributed by atoms with van der Waals surface area (Å²) >= 11 is 12.1. The lowest BCUT2D eigenvalue weighted by atomic mass is 10.2. The van der Waals surface area contributed by atoms with E-state index in [4.69, 9.17) is 23.2 Å². The van der Waals surface area contributed by atoms with Gasteiger partial charge in [-0.15, -0.1) is 0 Å². The number of amides is 2. The number of carbonyl (C=O) groups excluding carboxylic acids is 1. The van der Waals surface area contributed by atoms with Gasteiger partial charge in [0.05, 0.1) is 6.21 Å². The van der Waals surface area contributed by atoms with Gasteiger partial charge in [0.15, 0.2) is 0 Å². The van der Waals surface area contributed by atoms with Gasteiger partial charge in [-0.3, -0.25) is 5.43 Å². The molecule has 0 aliphatic carbocycles. The van der Waals surface area contributed by atoms with E-state index in [1.807, 2.05) is 30.3 Å². The fraction of sp³-hybridized carbons (Fsp3) is 0.125. The Balaban J connectivity index is 1.83. The Bertz CT molecular complexity index is 706. The minimum absolute atomic E-state index is 0.456. The number of halogens is 2. The first-order valence-corrected chi connectivity index (χ1v) is 7.60. The van der Waals surface area contributed by atoms with Gasteiger partial charge in [0, 0.05) is 29.2 Å². The van der Waals surface area contributed by atoms with E-state index in [-0.39, 0.29) is 0 Å². The van der Waals surface area contributed by atoms with Crippen LogP contribution in [-0.2, 0) is 6.54 Å². The molecule has 0 atom stereocenters. The molecular formula is C16H16Cl2N4O. The molecule has 2 aromatic carbocycles. The van der Waals surface area contributed by atoms with Crippen molar-refractivity contribution in [2.24, 2.45) is 5.10 Å². The van der Waals surface area contributed by atoms with E-state index in [9.17, 15) is 4.79 Å². The summed E-state index contributed by atoms with van der Waals surface area (Å²) in [6.07, 6.45) is 1.48. The zero-order valence-corrected chi connectivity index (χ0v) is 14.0. The van der Waals surface area contributed by atoms with Crippen molar-refractivity contribution in [3.8, 4) is 0 Å². The van der Waals surface area contributed by atoms with Gasteiger partial charge >= 0.3 is 6.03 Å². The van der Waals surface area contributed by atoms with Gasteiger partial charge in [-0.2, -0.15) is 5.10 Å². The molecule has 2 N–H and O–H groups in total. The molecule has 120 valence electrons. The molecule has 5 nitrogen and oxygen atoms in total. The summed E-state index contributed by atoms with van der Waals surface area (Å²) < 4.78 is 0. The van der Waals surface area contributed by atoms with Crippen molar-refractivity contribution in [2.75, 3.05) is 7.05 Å². The number of urea groups is 1. The van der Waals surface area contributed by atoms with Crippen LogP contribution in [0.4, 0.5) is 4.79 Å². The van der Waals surface area contributed by atoms with Crippen LogP contribution in [0.3, 0.4) is 0 Å². The molecule has 2 rings (SSSR count). The quantitative estimate of drug-likeness (QED) is 0.638. The molecule has 0 saturated heterocycles. The number of hydrazine groups is 1. The summed E-state index contributed by atoms with van der Waals surface area (Å²) in [4.78, 5) is 11.8. The molecule has 0 spiro atoms. The van der Waals surface area contributed by atoms with Crippen LogP contribution < -0.4 is 10.9 Å². The Kier molecular flexibility index (Phi) is 6.40. The van der Waals surface area contributed by atoms with Crippen molar-refractivity contribution in [2.45, 2.75) is 6.54 Å². The van der Waals surface area contributed by atoms with E-state index in [2.05, 4.69) is 16.0 Å². The molecule has 7 heteroatoms. The molecule has 0 aromatic heterocycles. The maximum absolute atomic E-state index is 11.8. The van der Waals surface area contributed by atoms with Crippen LogP contribution in [0, 0.1) is 0 Å². The molecule has 0 unspecified atom stereocenters. The van der Waals surface area contributed by atoms with E-state index in [0.717, 1.165) is 11.1 Å². The minimum Gasteiger partial charge on any atom is -0.269 e. The fourth-order valence-electron chi connectivity index (χ4n) is 1.86. The lowest BCUT2D eigenvalue weighted by molar-refractivity contribution is 0.195. The summed E-state index contributed by atoms with van der Waals surface area (Å²) in [6, 6.07) is 14.2. The Morgan fingerprint density at radius 2 is 1.78 bits per heavy atom. The average molecular weight is 351 g/mol.